The summed E-state index contributed by atoms with van der Waals surface area (Å²) in [6.07, 6.45) is 1.34. The van der Waals surface area contributed by atoms with E-state index in [4.69, 9.17) is 0 Å². The van der Waals surface area contributed by atoms with Crippen LogP contribution in [0.25, 0.3) is 0 Å². The summed E-state index contributed by atoms with van der Waals surface area (Å²) in [6.45, 7) is 1.82. The minimum Gasteiger partial charge on any atom is -0.744 e. The third-order valence-corrected chi connectivity index (χ3v) is 7.98. The summed E-state index contributed by atoms with van der Waals surface area (Å²) < 4.78 is 31.2. The molecule has 2 aromatic carbocycles. The van der Waals surface area contributed by atoms with E-state index in [1.807, 2.05) is 6.92 Å². The van der Waals surface area contributed by atoms with Crippen LogP contribution < -0.4 is 0 Å². The van der Waals surface area contributed by atoms with Crippen LogP contribution in [-0.4, -0.2) is 26.9 Å². The first-order valence-corrected chi connectivity index (χ1v) is 12.6. The molecule has 3 nitrogen and oxygen atoms in total. The van der Waals surface area contributed by atoms with Crippen LogP contribution in [-0.2, 0) is 21.9 Å². The van der Waals surface area contributed by atoms with Gasteiger partial charge < -0.3 is 4.55 Å². The van der Waals surface area contributed by atoms with Crippen molar-refractivity contribution >= 4 is 24.0 Å². The fourth-order valence-corrected chi connectivity index (χ4v) is 5.94. The van der Waals surface area contributed by atoms with Crippen LogP contribution in [0.4, 0.5) is 0 Å². The fourth-order valence-electron chi connectivity index (χ4n) is 2.27. The summed E-state index contributed by atoms with van der Waals surface area (Å²) in [5.74, 6) is 2.47. The van der Waals surface area contributed by atoms with E-state index in [1.165, 1.54) is 29.2 Å². The number of hydrogen-bond acceptors (Lipinski definition) is 3. The van der Waals surface area contributed by atoms with E-state index < -0.39 is 10.1 Å². The molecule has 0 amide bonds. The minimum absolute atomic E-state index is 0.178. The smallest absolute Gasteiger partial charge is 0.124 e. The van der Waals surface area contributed by atoms with Crippen LogP contribution in [0, 0.1) is 6.92 Å². The van der Waals surface area contributed by atoms with Crippen LogP contribution in [0.5, 0.6) is 0 Å². The van der Waals surface area contributed by atoms with E-state index in [1.54, 1.807) is 23.3 Å². The molecule has 3 rings (SSSR count). The first kappa shape index (κ1) is 17.2. The zero-order chi connectivity index (χ0) is 16.2. The van der Waals surface area contributed by atoms with Crippen molar-refractivity contribution in [2.24, 2.45) is 0 Å². The Morgan fingerprint density at radius 2 is 1.59 bits per heavy atom. The molecule has 1 aliphatic heterocycles. The Morgan fingerprint density at radius 3 is 2.18 bits per heavy atom. The molecule has 1 aliphatic rings. The second-order valence-corrected chi connectivity index (χ2v) is 11.5. The van der Waals surface area contributed by atoms with Crippen molar-refractivity contribution in [3.8, 4) is 0 Å². The fraction of sp³-hybridized carbons (Fsp3) is 0.294. The van der Waals surface area contributed by atoms with Gasteiger partial charge in [0.05, 0.1) is 4.90 Å². The SMILES string of the molecule is C[Se+]1CCc2ccccc2C1.Cc1ccc(S(=O)(=O)[O-])cc1. The van der Waals surface area contributed by atoms with Crippen molar-refractivity contribution in [3.63, 3.8) is 0 Å². The van der Waals surface area contributed by atoms with E-state index >= 15 is 0 Å². The summed E-state index contributed by atoms with van der Waals surface area (Å²) in [5, 5.41) is 2.91. The number of fused-ring (bicyclic) bond motifs is 1. The molecule has 0 fully saturated rings. The van der Waals surface area contributed by atoms with E-state index in [0.29, 0.717) is 0 Å². The third-order valence-electron chi connectivity index (χ3n) is 3.55. The van der Waals surface area contributed by atoms with Gasteiger partial charge >= 0.3 is 72.2 Å². The molecule has 118 valence electrons. The van der Waals surface area contributed by atoms with Gasteiger partial charge in [0.1, 0.15) is 10.1 Å². The molecular formula is C17H20O3SSe. The summed E-state index contributed by atoms with van der Waals surface area (Å²) >= 11 is -0.209. The van der Waals surface area contributed by atoms with Gasteiger partial charge in [0, 0.05) is 0 Å². The van der Waals surface area contributed by atoms with Crippen LogP contribution in [0.2, 0.25) is 11.1 Å². The average Bonchev–Trinajstić information content (AvgIpc) is 2.47. The molecule has 0 radical (unpaired) electrons. The summed E-state index contributed by atoms with van der Waals surface area (Å²) in [6, 6.07) is 14.7. The standard InChI is InChI=1S/C10H13Se.C7H8O3S/c1-11-7-6-9-4-2-3-5-10(9)8-11;1-6-2-4-7(5-3-6)11(8,9)10/h2-5H,6-8H2,1H3;2-5H,1H3,(H,8,9,10)/q+1;/p-1. The number of benzene rings is 2. The van der Waals surface area contributed by atoms with Gasteiger partial charge in [0.25, 0.3) is 0 Å². The predicted octanol–water partition coefficient (Wildman–Crippen LogP) is 3.35. The predicted molar refractivity (Wildman–Crippen MR) is 89.4 cm³/mol. The Kier molecular flexibility index (Phi) is 5.81. The van der Waals surface area contributed by atoms with E-state index in [2.05, 4.69) is 30.1 Å². The zero-order valence-corrected chi connectivity index (χ0v) is 15.3. The Labute approximate surface area is 137 Å². The molecule has 5 heteroatoms. The molecule has 1 heterocycles. The van der Waals surface area contributed by atoms with Gasteiger partial charge in [-0.2, -0.15) is 0 Å². The van der Waals surface area contributed by atoms with Gasteiger partial charge in [-0.3, -0.25) is 0 Å². The molecule has 1 unspecified atom stereocenters. The largest absolute Gasteiger partial charge is 0.744 e. The second kappa shape index (κ2) is 7.42. The van der Waals surface area contributed by atoms with Gasteiger partial charge in [-0.05, 0) is 19.1 Å². The van der Waals surface area contributed by atoms with Crippen LogP contribution in [0.1, 0.15) is 16.7 Å². The summed E-state index contributed by atoms with van der Waals surface area (Å²) in [5.41, 5.74) is 4.16. The first-order chi connectivity index (χ1) is 10.4. The minimum atomic E-state index is -4.27. The van der Waals surface area contributed by atoms with Crippen LogP contribution >= 0.6 is 0 Å². The summed E-state index contributed by atoms with van der Waals surface area (Å²) in [7, 11) is -4.27. The molecule has 0 saturated heterocycles. The van der Waals surface area contributed by atoms with E-state index in [-0.39, 0.29) is 18.8 Å². The van der Waals surface area contributed by atoms with Gasteiger partial charge in [0.2, 0.25) is 0 Å². The Morgan fingerprint density at radius 1 is 1.00 bits per heavy atom. The van der Waals surface area contributed by atoms with Crippen molar-refractivity contribution in [1.29, 1.82) is 0 Å². The van der Waals surface area contributed by atoms with Gasteiger partial charge in [-0.25, -0.2) is 8.42 Å². The normalized spacial score (nSPS) is 17.1. The monoisotopic (exact) mass is 384 g/mol. The zero-order valence-electron chi connectivity index (χ0n) is 12.8. The Bertz CT molecular complexity index is 724. The Balaban J connectivity index is 0.000000160. The van der Waals surface area contributed by atoms with Gasteiger partial charge in [0.15, 0.2) is 0 Å². The molecule has 0 aliphatic carbocycles. The molecule has 0 spiro atoms. The van der Waals surface area contributed by atoms with E-state index in [9.17, 15) is 13.0 Å². The van der Waals surface area contributed by atoms with Crippen molar-refractivity contribution in [2.45, 2.75) is 34.7 Å². The van der Waals surface area contributed by atoms with Crippen LogP contribution in [0.15, 0.2) is 53.4 Å². The average molecular weight is 383 g/mol. The molecule has 1 atom stereocenters. The second-order valence-electron chi connectivity index (χ2n) is 5.42. The molecule has 0 aromatic heterocycles. The van der Waals surface area contributed by atoms with E-state index in [0.717, 1.165) is 5.56 Å². The van der Waals surface area contributed by atoms with Gasteiger partial charge in [-0.1, -0.05) is 17.7 Å². The first-order valence-electron chi connectivity index (χ1n) is 7.05. The van der Waals surface area contributed by atoms with Crippen molar-refractivity contribution < 1.29 is 13.0 Å². The summed E-state index contributed by atoms with van der Waals surface area (Å²) in [4.78, 5) is -0.178. The third kappa shape index (κ3) is 4.96. The number of aryl methyl sites for hydroxylation is 2. The quantitative estimate of drug-likeness (QED) is 0.561. The number of hydrogen-bond donors (Lipinski definition) is 0. The van der Waals surface area contributed by atoms with Gasteiger partial charge in [-0.15, -0.1) is 0 Å². The maximum absolute atomic E-state index is 10.4. The maximum atomic E-state index is 10.4. The Hall–Kier alpha value is -1.13. The van der Waals surface area contributed by atoms with Crippen molar-refractivity contribution in [1.82, 2.24) is 0 Å². The maximum Gasteiger partial charge on any atom is 0.124 e. The molecule has 0 N–H and O–H groups in total. The van der Waals surface area contributed by atoms with Crippen molar-refractivity contribution in [3.05, 3.63) is 65.2 Å². The van der Waals surface area contributed by atoms with Crippen molar-refractivity contribution in [2.75, 3.05) is 0 Å². The molecule has 0 saturated carbocycles. The molecule has 22 heavy (non-hydrogen) atoms. The topological polar surface area (TPSA) is 57.2 Å². The molecular weight excluding hydrogens is 363 g/mol. The molecule has 2 aromatic rings. The number of rotatable bonds is 1. The molecule has 0 bridgehead atoms. The van der Waals surface area contributed by atoms with Crippen LogP contribution in [0.3, 0.4) is 0 Å².